The lowest BCUT2D eigenvalue weighted by Gasteiger charge is -2.34. The predicted octanol–water partition coefficient (Wildman–Crippen LogP) is 16.8. The number of esters is 5. The maximum absolute atomic E-state index is 13.6. The molecular weight excluding hydrogens is 1890 g/mol. The van der Waals surface area contributed by atoms with E-state index in [4.69, 9.17) is 93.3 Å². The van der Waals surface area contributed by atoms with E-state index in [0.717, 1.165) is 34.0 Å². The first-order valence-electron chi connectivity index (χ1n) is 41.7. The van der Waals surface area contributed by atoms with Gasteiger partial charge in [-0.25, -0.2) is 36.7 Å². The standard InChI is InChI=1S/C37H47Cl3F2N4O8.C22H28N2O4.C16H12N2O7.C15H21Cl3F2N2O5/c1-21(44-34(51)54-35(3,4)5)26-13-12-24-11-10-23(17-27(24)45-26)14-15-36(6,7)33(50)53-28(18-29(41)42)30(47)43-22(2)31(48)46-16-8-9-25(19-46)32(49)52-20-37(38,39)40;1-14(23-20(27)28-21(2,3)4)17-10-9-16-8-7-15(13-18(16)24-17)11-12-22(5,6)19(25)26;1-9-5-3-7-11(17(21)22)13(9)15(19)25-16(20)14-10(2)6-4-8-12(14)18(23)24;1-8(21-12(24)10(23)5-11(19)20)13(25)22-4-2-3-9(6-22)14(26)27-7-15(16,17)18/h10-15,17,21-22,25,28-29H,8-9,16,18-20H2,1-7H3,(H,43,47)(H,44,51);7-14H,1-6H3,(H,23,27)(H,25,26);3-8H,1-2H3;8-11,23H,2-7H2,1H3,(H,21,24)/b15-14+;12-11+;;/t21-,22+,25-,28+;14-;;8-,9+,10-/m11.0/s1. The Hall–Kier alpha value is -11.2. The first kappa shape index (κ1) is 113. The zero-order chi connectivity index (χ0) is 101. The van der Waals surface area contributed by atoms with Crippen LogP contribution in [0.15, 0.2) is 109 Å². The van der Waals surface area contributed by atoms with Gasteiger partial charge in [0.2, 0.25) is 38.2 Å². The van der Waals surface area contributed by atoms with Gasteiger partial charge in [-0.3, -0.25) is 68.6 Å². The number of aliphatic carboxylic acids is 1. The van der Waals surface area contributed by atoms with Crippen molar-refractivity contribution in [1.82, 2.24) is 41.0 Å². The van der Waals surface area contributed by atoms with E-state index in [1.807, 2.05) is 70.2 Å². The number of hydrogen-bond donors (Lipinski definition) is 6. The van der Waals surface area contributed by atoms with Gasteiger partial charge < -0.3 is 69.7 Å². The Kier molecular flexibility index (Phi) is 42.2. The van der Waals surface area contributed by atoms with Gasteiger partial charge in [0, 0.05) is 55.5 Å². The first-order chi connectivity index (χ1) is 61.9. The van der Waals surface area contributed by atoms with Gasteiger partial charge in [0.15, 0.2) is 6.10 Å². The molecule has 8 rings (SSSR count). The smallest absolute Gasteiger partial charge is 0.408 e. The van der Waals surface area contributed by atoms with Crippen molar-refractivity contribution in [3.8, 4) is 0 Å². The van der Waals surface area contributed by atoms with E-state index in [2.05, 4.69) is 36.0 Å². The van der Waals surface area contributed by atoms with E-state index in [0.29, 0.717) is 54.7 Å². The minimum atomic E-state index is -3.00. The summed E-state index contributed by atoms with van der Waals surface area (Å²) in [5.74, 6) is -10.1. The van der Waals surface area contributed by atoms with Gasteiger partial charge in [0.1, 0.15) is 53.7 Å². The van der Waals surface area contributed by atoms with Crippen molar-refractivity contribution in [1.29, 1.82) is 0 Å². The molecule has 0 saturated carbocycles. The maximum Gasteiger partial charge on any atom is 0.408 e. The number of ether oxygens (including phenoxy) is 6. The van der Waals surface area contributed by atoms with Crippen molar-refractivity contribution in [2.75, 3.05) is 39.4 Å². The number of pyridine rings is 2. The van der Waals surface area contributed by atoms with Crippen molar-refractivity contribution in [2.45, 2.75) is 217 Å². The van der Waals surface area contributed by atoms with Crippen molar-refractivity contribution >= 4 is 187 Å². The normalized spacial score (nSPS) is 15.7. The summed E-state index contributed by atoms with van der Waals surface area (Å²) in [6.45, 7) is 26.0. The van der Waals surface area contributed by atoms with Crippen LogP contribution in [-0.4, -0.2) is 207 Å². The third-order valence-corrected chi connectivity index (χ3v) is 20.4. The second-order valence-electron chi connectivity index (χ2n) is 34.5. The average molecular weight is 2000 g/mol. The number of nitro benzene ring substituents is 2. The Morgan fingerprint density at radius 3 is 1.27 bits per heavy atom. The predicted molar refractivity (Wildman–Crippen MR) is 491 cm³/mol. The zero-order valence-corrected chi connectivity index (χ0v) is 80.7. The number of nitrogens with zero attached hydrogens (tertiary/aromatic N) is 6. The summed E-state index contributed by atoms with van der Waals surface area (Å²) in [5, 5.41) is 52.6. The summed E-state index contributed by atoms with van der Waals surface area (Å²) in [6.07, 6.45) is -4.37. The van der Waals surface area contributed by atoms with E-state index in [9.17, 15) is 106 Å². The molecule has 0 spiro atoms. The second-order valence-corrected chi connectivity index (χ2v) is 39.5. The van der Waals surface area contributed by atoms with Gasteiger partial charge in [-0.15, -0.1) is 0 Å². The molecule has 732 valence electrons. The first-order valence-corrected chi connectivity index (χ1v) is 44.0. The van der Waals surface area contributed by atoms with Crippen LogP contribution in [-0.2, 0) is 66.8 Å². The molecule has 0 aliphatic carbocycles. The molecule has 2 aliphatic heterocycles. The number of aryl methyl sites for hydroxylation is 2. The number of carbonyl (C=O) groups is 12. The van der Waals surface area contributed by atoms with Gasteiger partial charge in [0.05, 0.1) is 73.4 Å². The van der Waals surface area contributed by atoms with Crippen LogP contribution in [0.2, 0.25) is 0 Å². The molecule has 6 N–H and O–H groups in total. The van der Waals surface area contributed by atoms with Crippen LogP contribution in [0.4, 0.5) is 38.5 Å². The molecule has 2 fully saturated rings. The zero-order valence-electron chi connectivity index (χ0n) is 76.1. The van der Waals surface area contributed by atoms with E-state index >= 15 is 0 Å². The summed E-state index contributed by atoms with van der Waals surface area (Å²) in [6, 6.07) is 23.5. The molecule has 0 bridgehead atoms. The maximum atomic E-state index is 13.6. The van der Waals surface area contributed by atoms with Crippen LogP contribution >= 0.6 is 69.6 Å². The van der Waals surface area contributed by atoms with Crippen molar-refractivity contribution in [3.05, 3.63) is 174 Å². The summed E-state index contributed by atoms with van der Waals surface area (Å²) in [5.41, 5.74) is -0.633. The van der Waals surface area contributed by atoms with Crippen molar-refractivity contribution in [2.24, 2.45) is 22.7 Å². The second kappa shape index (κ2) is 49.9. The van der Waals surface area contributed by atoms with Crippen LogP contribution in [0.3, 0.4) is 0 Å². The summed E-state index contributed by atoms with van der Waals surface area (Å²) in [7, 11) is 0. The molecule has 8 atom stereocenters. The SMILES string of the molecule is C[C@@H](NC(=O)OC(C)(C)C)c1ccc2ccc(/C=C/C(C)(C)C(=O)O)cc2n1.C[C@H](NC(=O)[C@@H](O)CC(F)F)C(=O)N1CCC[C@@H](C(=O)OCC(Cl)(Cl)Cl)C1.C[C@H](NC(=O)[C@H](CC(F)F)OC(=O)C(C)(C)/C=C/c1ccc2ccc([C@@H](C)NC(=O)OC(C)(C)C)nc2c1)C(=O)N1CCC[C@@H](C(=O)OCC(Cl)(Cl)Cl)C1.Cc1cccc([N+](=O)[O-])c1C(=O)OC(=O)c1c(C)cccc1[N+](=O)[O-]. The highest BCUT2D eigenvalue weighted by Gasteiger charge is 2.40. The number of amides is 6. The third-order valence-electron chi connectivity index (χ3n) is 19.8. The number of hydrogen-bond acceptors (Lipinski definition) is 25. The Morgan fingerprint density at radius 2 is 0.910 bits per heavy atom. The number of alkyl halides is 10. The third kappa shape index (κ3) is 37.6. The fourth-order valence-corrected chi connectivity index (χ4v) is 13.0. The minimum Gasteiger partial charge on any atom is -0.481 e. The van der Waals surface area contributed by atoms with Crippen LogP contribution in [0.5, 0.6) is 0 Å². The molecule has 44 heteroatoms. The fraction of sp³-hybridized carbons (Fsp3) is 0.489. The number of halogens is 10. The van der Waals surface area contributed by atoms with Gasteiger partial charge in [0.25, 0.3) is 17.3 Å². The quantitative estimate of drug-likeness (QED) is 0.00483. The molecule has 2 saturated heterocycles. The Labute approximate surface area is 800 Å². The molecule has 4 heterocycles. The number of carboxylic acids is 1. The van der Waals surface area contributed by atoms with Gasteiger partial charge in [-0.1, -0.05) is 155 Å². The average Bonchev–Trinajstić information content (AvgIpc) is 0.819. The highest BCUT2D eigenvalue weighted by atomic mass is 35.6. The Bertz CT molecular complexity index is 5240. The number of aromatic nitrogens is 2. The van der Waals surface area contributed by atoms with Crippen LogP contribution in [0.1, 0.15) is 202 Å². The number of piperidine rings is 2. The Balaban J connectivity index is 0.000000337. The molecule has 2 aliphatic rings. The monoisotopic (exact) mass is 2000 g/mol. The highest BCUT2D eigenvalue weighted by Crippen LogP contribution is 2.33. The van der Waals surface area contributed by atoms with Crippen molar-refractivity contribution < 1.29 is 124 Å². The van der Waals surface area contributed by atoms with E-state index in [-0.39, 0.29) is 47.9 Å². The van der Waals surface area contributed by atoms with Gasteiger partial charge in [-0.2, -0.15) is 0 Å². The van der Waals surface area contributed by atoms with Crippen LogP contribution in [0.25, 0.3) is 34.0 Å². The number of likely N-dealkylation sites (tertiary alicyclic amines) is 2. The molecule has 4 aromatic carbocycles. The van der Waals surface area contributed by atoms with Crippen molar-refractivity contribution in [3.63, 3.8) is 0 Å². The van der Waals surface area contributed by atoms with Crippen LogP contribution in [0, 0.1) is 56.7 Å². The number of aliphatic hydroxyl groups excluding tert-OH is 1. The number of alkyl carbamates (subject to hydrolysis) is 2. The lowest BCUT2D eigenvalue weighted by Crippen LogP contribution is -2.53. The van der Waals surface area contributed by atoms with E-state index in [1.54, 1.807) is 78.0 Å². The number of fused-ring (bicyclic) bond motifs is 2. The van der Waals surface area contributed by atoms with E-state index < -0.39 is 204 Å². The molecule has 6 amide bonds. The number of benzene rings is 4. The lowest BCUT2D eigenvalue weighted by atomic mass is 9.92. The lowest BCUT2D eigenvalue weighted by molar-refractivity contribution is -0.385. The molecule has 2 aromatic heterocycles. The van der Waals surface area contributed by atoms with Gasteiger partial charge in [-0.05, 0) is 183 Å². The summed E-state index contributed by atoms with van der Waals surface area (Å²) < 4.78 is 78.6. The largest absolute Gasteiger partial charge is 0.481 e. The van der Waals surface area contributed by atoms with Crippen LogP contribution < -0.4 is 21.3 Å². The number of nitrogens with one attached hydrogen (secondary N) is 4. The number of carbonyl (C=O) groups excluding carboxylic acids is 11. The molecule has 134 heavy (non-hydrogen) atoms. The molecule has 6 aromatic rings. The Morgan fingerprint density at radius 1 is 0.537 bits per heavy atom. The van der Waals surface area contributed by atoms with Gasteiger partial charge >= 0.3 is 48.0 Å². The molecular formula is C90H108Cl6F4N10O24. The minimum absolute atomic E-state index is 0.0213. The molecule has 0 radical (unpaired) electrons. The topological polar surface area (TPSA) is 467 Å². The van der Waals surface area contributed by atoms with E-state index in [1.165, 1.54) is 81.7 Å². The highest BCUT2D eigenvalue weighted by molar-refractivity contribution is 6.68. The summed E-state index contributed by atoms with van der Waals surface area (Å²) in [4.78, 5) is 181. The fourth-order valence-electron chi connectivity index (χ4n) is 12.7. The molecule has 34 nitrogen and oxygen atoms in total. The summed E-state index contributed by atoms with van der Waals surface area (Å²) >= 11 is 33.5. The number of nitro groups is 2. The number of rotatable bonds is 29. The number of carboxylic acid groups (broad SMARTS) is 1. The molecule has 0 unspecified atom stereocenters. The number of aliphatic hydroxyl groups is 1.